The van der Waals surface area contributed by atoms with Gasteiger partial charge in [0.25, 0.3) is 0 Å². The van der Waals surface area contributed by atoms with E-state index in [4.69, 9.17) is 0 Å². The molecule has 1 aromatic heterocycles. The van der Waals surface area contributed by atoms with Crippen LogP contribution in [0.1, 0.15) is 12.1 Å². The number of sulfone groups is 1. The number of aromatic nitrogens is 2. The number of anilines is 2. The monoisotopic (exact) mass is 324 g/mol. The first kappa shape index (κ1) is 15.8. The second kappa shape index (κ2) is 5.32. The quantitative estimate of drug-likeness (QED) is 0.899. The Kier molecular flexibility index (Phi) is 4.00. The van der Waals surface area contributed by atoms with Crippen molar-refractivity contribution in [3.63, 3.8) is 0 Å². The molecule has 1 saturated heterocycles. The number of nitrogens with one attached hydrogen (secondary N) is 1. The number of hydrogen-bond acceptors (Lipinski definition) is 6. The molecule has 0 bridgehead atoms. The Balaban J connectivity index is 2.35. The highest BCUT2D eigenvalue weighted by Gasteiger charge is 2.36. The molecular weight excluding hydrogens is 309 g/mol. The predicted molar refractivity (Wildman–Crippen MR) is 72.0 cm³/mol. The standard InChI is InChI=1S/C11H15F3N4O2S/c1-15-10-16-8(11(12,13)14)5-9(17-10)18(2)7-3-4-21(19,20)6-7/h5,7H,3-4,6H2,1-2H3,(H,15,16,17). The topological polar surface area (TPSA) is 75.2 Å². The van der Waals surface area contributed by atoms with Crippen molar-refractivity contribution >= 4 is 21.6 Å². The lowest BCUT2D eigenvalue weighted by Gasteiger charge is -2.25. The van der Waals surface area contributed by atoms with Gasteiger partial charge in [0.15, 0.2) is 15.5 Å². The van der Waals surface area contributed by atoms with Crippen molar-refractivity contribution < 1.29 is 21.6 Å². The number of alkyl halides is 3. The summed E-state index contributed by atoms with van der Waals surface area (Å²) in [4.78, 5) is 8.80. The molecular formula is C11H15F3N4O2S. The Morgan fingerprint density at radius 1 is 1.38 bits per heavy atom. The first-order valence-electron chi connectivity index (χ1n) is 6.19. The molecule has 0 aliphatic carbocycles. The van der Waals surface area contributed by atoms with Crippen LogP contribution in [0.3, 0.4) is 0 Å². The average Bonchev–Trinajstić information content (AvgIpc) is 2.76. The summed E-state index contributed by atoms with van der Waals surface area (Å²) in [6.07, 6.45) is -4.22. The Bertz CT molecular complexity index is 633. The van der Waals surface area contributed by atoms with Crippen molar-refractivity contribution in [2.75, 3.05) is 35.8 Å². The molecule has 118 valence electrons. The van der Waals surface area contributed by atoms with E-state index in [1.807, 2.05) is 0 Å². The van der Waals surface area contributed by atoms with Crippen LogP contribution in [0.15, 0.2) is 6.07 Å². The van der Waals surface area contributed by atoms with Crippen LogP contribution in [-0.4, -0.2) is 50.0 Å². The highest BCUT2D eigenvalue weighted by atomic mass is 32.2. The molecule has 0 aromatic carbocycles. The molecule has 2 rings (SSSR count). The van der Waals surface area contributed by atoms with Crippen molar-refractivity contribution in [1.82, 2.24) is 9.97 Å². The molecule has 0 saturated carbocycles. The van der Waals surface area contributed by atoms with Crippen LogP contribution in [0.4, 0.5) is 24.9 Å². The molecule has 6 nitrogen and oxygen atoms in total. The van der Waals surface area contributed by atoms with Gasteiger partial charge in [0.2, 0.25) is 5.95 Å². The van der Waals surface area contributed by atoms with Gasteiger partial charge in [-0.25, -0.2) is 13.4 Å². The summed E-state index contributed by atoms with van der Waals surface area (Å²) in [6.45, 7) is 0. The van der Waals surface area contributed by atoms with Crippen molar-refractivity contribution in [3.8, 4) is 0 Å². The fourth-order valence-electron chi connectivity index (χ4n) is 2.14. The van der Waals surface area contributed by atoms with E-state index in [-0.39, 0.29) is 29.3 Å². The van der Waals surface area contributed by atoms with Crippen molar-refractivity contribution in [1.29, 1.82) is 0 Å². The maximum absolute atomic E-state index is 12.8. The molecule has 1 fully saturated rings. The van der Waals surface area contributed by atoms with Gasteiger partial charge >= 0.3 is 6.18 Å². The third kappa shape index (κ3) is 3.55. The molecule has 1 aromatic rings. The van der Waals surface area contributed by atoms with Gasteiger partial charge in [-0.2, -0.15) is 18.2 Å². The minimum absolute atomic E-state index is 0.0398. The fourth-order valence-corrected chi connectivity index (χ4v) is 3.91. The van der Waals surface area contributed by atoms with E-state index < -0.39 is 21.7 Å². The van der Waals surface area contributed by atoms with E-state index in [1.54, 1.807) is 0 Å². The third-order valence-corrected chi connectivity index (χ3v) is 5.09. The summed E-state index contributed by atoms with van der Waals surface area (Å²) in [5, 5.41) is 2.47. The van der Waals surface area contributed by atoms with E-state index in [0.717, 1.165) is 6.07 Å². The zero-order valence-electron chi connectivity index (χ0n) is 11.5. The predicted octanol–water partition coefficient (Wildman–Crippen LogP) is 1.16. The summed E-state index contributed by atoms with van der Waals surface area (Å²) < 4.78 is 61.4. The summed E-state index contributed by atoms with van der Waals surface area (Å²) in [7, 11) is -0.174. The van der Waals surface area contributed by atoms with E-state index in [0.29, 0.717) is 6.42 Å². The highest BCUT2D eigenvalue weighted by molar-refractivity contribution is 7.91. The summed E-state index contributed by atoms with van der Waals surface area (Å²) in [5.41, 5.74) is -1.07. The summed E-state index contributed by atoms with van der Waals surface area (Å²) in [5.74, 6) is -0.154. The first-order chi connectivity index (χ1) is 9.62. The SMILES string of the molecule is CNc1nc(N(C)C2CCS(=O)(=O)C2)cc(C(F)(F)F)n1. The number of halogens is 3. The molecule has 1 aliphatic rings. The molecule has 0 radical (unpaired) electrons. The smallest absolute Gasteiger partial charge is 0.357 e. The Morgan fingerprint density at radius 3 is 2.52 bits per heavy atom. The van der Waals surface area contributed by atoms with E-state index in [1.165, 1.54) is 19.0 Å². The lowest BCUT2D eigenvalue weighted by Crippen LogP contribution is -2.33. The Hall–Kier alpha value is -1.58. The van der Waals surface area contributed by atoms with Crippen LogP contribution in [0.5, 0.6) is 0 Å². The lowest BCUT2D eigenvalue weighted by atomic mass is 10.2. The Labute approximate surface area is 120 Å². The van der Waals surface area contributed by atoms with Crippen LogP contribution in [0, 0.1) is 0 Å². The fraction of sp³-hybridized carbons (Fsp3) is 0.636. The second-order valence-electron chi connectivity index (χ2n) is 4.85. The number of rotatable bonds is 3. The molecule has 10 heteroatoms. The zero-order chi connectivity index (χ0) is 15.8. The average molecular weight is 324 g/mol. The molecule has 2 heterocycles. The summed E-state index contributed by atoms with van der Waals surface area (Å²) in [6, 6.07) is 0.446. The molecule has 0 amide bonds. The van der Waals surface area contributed by atoms with Gasteiger partial charge in [-0.05, 0) is 6.42 Å². The van der Waals surface area contributed by atoms with Crippen molar-refractivity contribution in [2.24, 2.45) is 0 Å². The molecule has 21 heavy (non-hydrogen) atoms. The van der Waals surface area contributed by atoms with E-state index >= 15 is 0 Å². The van der Waals surface area contributed by atoms with Crippen LogP contribution >= 0.6 is 0 Å². The molecule has 1 unspecified atom stereocenters. The largest absolute Gasteiger partial charge is 0.433 e. The van der Waals surface area contributed by atoms with E-state index in [9.17, 15) is 21.6 Å². The third-order valence-electron chi connectivity index (χ3n) is 3.34. The van der Waals surface area contributed by atoms with Crippen LogP contribution < -0.4 is 10.2 Å². The number of hydrogen-bond donors (Lipinski definition) is 1. The van der Waals surface area contributed by atoms with Gasteiger partial charge in [0.05, 0.1) is 11.5 Å². The van der Waals surface area contributed by atoms with Crippen LogP contribution in [0.25, 0.3) is 0 Å². The van der Waals surface area contributed by atoms with Crippen molar-refractivity contribution in [2.45, 2.75) is 18.6 Å². The molecule has 1 aliphatic heterocycles. The lowest BCUT2D eigenvalue weighted by molar-refractivity contribution is -0.141. The minimum atomic E-state index is -4.59. The van der Waals surface area contributed by atoms with Gasteiger partial charge < -0.3 is 10.2 Å². The van der Waals surface area contributed by atoms with E-state index in [2.05, 4.69) is 15.3 Å². The number of nitrogens with zero attached hydrogens (tertiary/aromatic N) is 3. The molecule has 1 atom stereocenters. The zero-order valence-corrected chi connectivity index (χ0v) is 12.3. The van der Waals surface area contributed by atoms with Gasteiger partial charge in [-0.3, -0.25) is 0 Å². The van der Waals surface area contributed by atoms with Crippen LogP contribution in [0.2, 0.25) is 0 Å². The first-order valence-corrected chi connectivity index (χ1v) is 8.02. The Morgan fingerprint density at radius 2 is 2.05 bits per heavy atom. The van der Waals surface area contributed by atoms with Gasteiger partial charge in [0, 0.05) is 26.2 Å². The van der Waals surface area contributed by atoms with Gasteiger partial charge in [-0.1, -0.05) is 0 Å². The van der Waals surface area contributed by atoms with Gasteiger partial charge in [-0.15, -0.1) is 0 Å². The maximum atomic E-state index is 12.8. The maximum Gasteiger partial charge on any atom is 0.433 e. The normalized spacial score (nSPS) is 21.3. The van der Waals surface area contributed by atoms with Crippen LogP contribution in [-0.2, 0) is 16.0 Å². The second-order valence-corrected chi connectivity index (χ2v) is 7.08. The van der Waals surface area contributed by atoms with Gasteiger partial charge in [0.1, 0.15) is 5.82 Å². The highest BCUT2D eigenvalue weighted by Crippen LogP contribution is 2.31. The summed E-state index contributed by atoms with van der Waals surface area (Å²) >= 11 is 0. The minimum Gasteiger partial charge on any atom is -0.357 e. The van der Waals surface area contributed by atoms with Crippen molar-refractivity contribution in [3.05, 3.63) is 11.8 Å². The molecule has 1 N–H and O–H groups in total. The molecule has 0 spiro atoms.